The highest BCUT2D eigenvalue weighted by molar-refractivity contribution is 6.00. The van der Waals surface area contributed by atoms with Crippen LogP contribution in [0.25, 0.3) is 11.1 Å². The summed E-state index contributed by atoms with van der Waals surface area (Å²) in [5.41, 5.74) is 1.28. The summed E-state index contributed by atoms with van der Waals surface area (Å²) < 4.78 is 5.72. The Bertz CT molecular complexity index is 582. The van der Waals surface area contributed by atoms with Gasteiger partial charge in [-0.25, -0.2) is 9.78 Å². The van der Waals surface area contributed by atoms with Crippen molar-refractivity contribution in [1.29, 1.82) is 0 Å². The van der Waals surface area contributed by atoms with Crippen LogP contribution < -0.4 is 0 Å². The van der Waals surface area contributed by atoms with Gasteiger partial charge in [-0.1, -0.05) is 25.3 Å². The zero-order valence-electron chi connectivity index (χ0n) is 10.1. The van der Waals surface area contributed by atoms with Gasteiger partial charge >= 0.3 is 5.97 Å². The van der Waals surface area contributed by atoms with Gasteiger partial charge in [0.15, 0.2) is 11.5 Å². The number of oxazole rings is 1. The number of nitrogens with zero attached hydrogens (tertiary/aromatic N) is 1. The van der Waals surface area contributed by atoms with Crippen molar-refractivity contribution in [2.24, 2.45) is 0 Å². The number of para-hydroxylation sites is 1. The van der Waals surface area contributed by atoms with Gasteiger partial charge in [-0.3, -0.25) is 0 Å². The fraction of sp³-hybridized carbons (Fsp3) is 0.429. The van der Waals surface area contributed by atoms with E-state index >= 15 is 0 Å². The van der Waals surface area contributed by atoms with Crippen molar-refractivity contribution >= 4 is 17.1 Å². The first-order chi connectivity index (χ1) is 8.75. The van der Waals surface area contributed by atoms with Gasteiger partial charge in [0.2, 0.25) is 0 Å². The SMILES string of the molecule is O=C(O)c1cccc2oc(C3CCCCC3)nc12. The van der Waals surface area contributed by atoms with E-state index in [1.54, 1.807) is 18.2 Å². The molecule has 1 N–H and O–H groups in total. The summed E-state index contributed by atoms with van der Waals surface area (Å²) in [5.74, 6) is 0.107. The molecule has 0 saturated heterocycles. The lowest BCUT2D eigenvalue weighted by atomic mass is 9.89. The van der Waals surface area contributed by atoms with E-state index in [9.17, 15) is 4.79 Å². The standard InChI is InChI=1S/C14H15NO3/c16-14(17)10-7-4-8-11-12(10)15-13(18-11)9-5-2-1-3-6-9/h4,7-9H,1-3,5-6H2,(H,16,17). The lowest BCUT2D eigenvalue weighted by molar-refractivity contribution is 0.0699. The number of aromatic nitrogens is 1. The van der Waals surface area contributed by atoms with Gasteiger partial charge in [-0.15, -0.1) is 0 Å². The van der Waals surface area contributed by atoms with Gasteiger partial charge in [-0.2, -0.15) is 0 Å². The Morgan fingerprint density at radius 2 is 2.06 bits per heavy atom. The summed E-state index contributed by atoms with van der Waals surface area (Å²) in [7, 11) is 0. The minimum Gasteiger partial charge on any atom is -0.478 e. The maximum absolute atomic E-state index is 11.1. The highest BCUT2D eigenvalue weighted by Gasteiger charge is 2.22. The van der Waals surface area contributed by atoms with Gasteiger partial charge in [0.1, 0.15) is 5.52 Å². The first kappa shape index (κ1) is 11.3. The molecule has 0 radical (unpaired) electrons. The van der Waals surface area contributed by atoms with Crippen molar-refractivity contribution < 1.29 is 14.3 Å². The highest BCUT2D eigenvalue weighted by atomic mass is 16.4. The number of benzene rings is 1. The molecule has 1 saturated carbocycles. The van der Waals surface area contributed by atoms with Crippen molar-refractivity contribution in [3.8, 4) is 0 Å². The predicted octanol–water partition coefficient (Wildman–Crippen LogP) is 3.57. The van der Waals surface area contributed by atoms with E-state index in [1.807, 2.05) is 0 Å². The number of carbonyl (C=O) groups is 1. The summed E-state index contributed by atoms with van der Waals surface area (Å²) in [6.07, 6.45) is 5.87. The second-order valence-corrected chi connectivity index (χ2v) is 4.84. The number of carboxylic acid groups (broad SMARTS) is 1. The van der Waals surface area contributed by atoms with Crippen LogP contribution in [-0.4, -0.2) is 16.1 Å². The van der Waals surface area contributed by atoms with E-state index in [0.29, 0.717) is 22.9 Å². The molecule has 1 aliphatic carbocycles. The van der Waals surface area contributed by atoms with E-state index in [4.69, 9.17) is 9.52 Å². The molecule has 1 heterocycles. The molecule has 18 heavy (non-hydrogen) atoms. The molecule has 2 aromatic rings. The molecular weight excluding hydrogens is 230 g/mol. The van der Waals surface area contributed by atoms with Crippen molar-refractivity contribution in [2.45, 2.75) is 38.0 Å². The largest absolute Gasteiger partial charge is 0.478 e. The van der Waals surface area contributed by atoms with E-state index in [1.165, 1.54) is 19.3 Å². The Morgan fingerprint density at radius 3 is 2.78 bits per heavy atom. The van der Waals surface area contributed by atoms with Crippen molar-refractivity contribution in [3.05, 3.63) is 29.7 Å². The fourth-order valence-electron chi connectivity index (χ4n) is 2.66. The number of hydrogen-bond acceptors (Lipinski definition) is 3. The number of hydrogen-bond donors (Lipinski definition) is 1. The van der Waals surface area contributed by atoms with Gasteiger partial charge in [-0.05, 0) is 25.0 Å². The third-order valence-corrected chi connectivity index (χ3v) is 3.62. The van der Waals surface area contributed by atoms with Crippen LogP contribution in [0.4, 0.5) is 0 Å². The van der Waals surface area contributed by atoms with Crippen molar-refractivity contribution in [3.63, 3.8) is 0 Å². The zero-order valence-corrected chi connectivity index (χ0v) is 10.1. The lowest BCUT2D eigenvalue weighted by Crippen LogP contribution is -2.04. The first-order valence-electron chi connectivity index (χ1n) is 6.38. The second kappa shape index (κ2) is 4.44. The molecule has 3 rings (SSSR count). The number of aromatic carboxylic acids is 1. The molecular formula is C14H15NO3. The van der Waals surface area contributed by atoms with Crippen LogP contribution in [0.2, 0.25) is 0 Å². The molecule has 1 fully saturated rings. The van der Waals surface area contributed by atoms with Crippen LogP contribution in [0.15, 0.2) is 22.6 Å². The monoisotopic (exact) mass is 245 g/mol. The van der Waals surface area contributed by atoms with Crippen LogP contribution in [-0.2, 0) is 0 Å². The summed E-state index contributed by atoms with van der Waals surface area (Å²) >= 11 is 0. The Kier molecular flexibility index (Phi) is 2.78. The first-order valence-corrected chi connectivity index (χ1v) is 6.38. The van der Waals surface area contributed by atoms with Crippen LogP contribution in [0.3, 0.4) is 0 Å². The topological polar surface area (TPSA) is 63.3 Å². The molecule has 4 heteroatoms. The Morgan fingerprint density at radius 1 is 1.28 bits per heavy atom. The maximum atomic E-state index is 11.1. The minimum absolute atomic E-state index is 0.221. The van der Waals surface area contributed by atoms with Gasteiger partial charge in [0, 0.05) is 5.92 Å². The number of fused-ring (bicyclic) bond motifs is 1. The molecule has 1 aromatic carbocycles. The molecule has 4 nitrogen and oxygen atoms in total. The highest BCUT2D eigenvalue weighted by Crippen LogP contribution is 2.34. The molecule has 1 aliphatic rings. The Labute approximate surface area is 105 Å². The molecule has 1 aromatic heterocycles. The van der Waals surface area contributed by atoms with Gasteiger partial charge < -0.3 is 9.52 Å². The van der Waals surface area contributed by atoms with Gasteiger partial charge in [0.25, 0.3) is 0 Å². The van der Waals surface area contributed by atoms with Crippen LogP contribution in [0, 0.1) is 0 Å². The quantitative estimate of drug-likeness (QED) is 0.878. The lowest BCUT2D eigenvalue weighted by Gasteiger charge is -2.17. The van der Waals surface area contributed by atoms with E-state index < -0.39 is 5.97 Å². The minimum atomic E-state index is -0.955. The molecule has 94 valence electrons. The normalized spacial score (nSPS) is 17.1. The number of rotatable bonds is 2. The molecule has 0 aliphatic heterocycles. The molecule has 0 unspecified atom stereocenters. The summed E-state index contributed by atoms with van der Waals surface area (Å²) in [4.78, 5) is 15.5. The summed E-state index contributed by atoms with van der Waals surface area (Å²) in [6, 6.07) is 5.04. The second-order valence-electron chi connectivity index (χ2n) is 4.84. The summed E-state index contributed by atoms with van der Waals surface area (Å²) in [5, 5.41) is 9.12. The van der Waals surface area contributed by atoms with E-state index in [2.05, 4.69) is 4.98 Å². The van der Waals surface area contributed by atoms with Crippen molar-refractivity contribution in [2.75, 3.05) is 0 Å². The molecule has 0 atom stereocenters. The average Bonchev–Trinajstić information content (AvgIpc) is 2.83. The smallest absolute Gasteiger partial charge is 0.338 e. The van der Waals surface area contributed by atoms with Crippen molar-refractivity contribution in [1.82, 2.24) is 4.98 Å². The fourth-order valence-corrected chi connectivity index (χ4v) is 2.66. The predicted molar refractivity (Wildman–Crippen MR) is 66.8 cm³/mol. The van der Waals surface area contributed by atoms with Crippen LogP contribution in [0.5, 0.6) is 0 Å². The Balaban J connectivity index is 2.04. The van der Waals surface area contributed by atoms with E-state index in [-0.39, 0.29) is 5.56 Å². The third-order valence-electron chi connectivity index (χ3n) is 3.62. The maximum Gasteiger partial charge on any atom is 0.338 e. The molecule has 0 amide bonds. The van der Waals surface area contributed by atoms with Gasteiger partial charge in [0.05, 0.1) is 5.56 Å². The molecule has 0 spiro atoms. The summed E-state index contributed by atoms with van der Waals surface area (Å²) in [6.45, 7) is 0. The number of carboxylic acids is 1. The average molecular weight is 245 g/mol. The van der Waals surface area contributed by atoms with Crippen LogP contribution in [0.1, 0.15) is 54.3 Å². The van der Waals surface area contributed by atoms with E-state index in [0.717, 1.165) is 12.8 Å². The zero-order chi connectivity index (χ0) is 12.5. The third kappa shape index (κ3) is 1.88. The molecule has 0 bridgehead atoms. The van der Waals surface area contributed by atoms with Crippen LogP contribution >= 0.6 is 0 Å². The Hall–Kier alpha value is -1.84.